The summed E-state index contributed by atoms with van der Waals surface area (Å²) in [6, 6.07) is 14.3. The number of amides is 2. The van der Waals surface area contributed by atoms with Crippen LogP contribution in [-0.4, -0.2) is 145 Å². The minimum atomic E-state index is -0.830. The monoisotopic (exact) mass is 1400 g/mol. The van der Waals surface area contributed by atoms with E-state index < -0.39 is 82.4 Å². The van der Waals surface area contributed by atoms with E-state index in [9.17, 15) is 23.6 Å². The highest BCUT2D eigenvalue weighted by Gasteiger charge is 2.53. The average Bonchev–Trinajstić information content (AvgIpc) is 1.19. The van der Waals surface area contributed by atoms with Gasteiger partial charge >= 0.3 is 30.7 Å². The third-order valence-corrected chi connectivity index (χ3v) is 18.7. The van der Waals surface area contributed by atoms with E-state index in [4.69, 9.17) is 51.3 Å². The minimum absolute atomic E-state index is 0.0131. The molecule has 28 heteroatoms. The van der Waals surface area contributed by atoms with Crippen molar-refractivity contribution in [2.75, 3.05) is 73.7 Å². The number of hydrogen-bond donors (Lipinski definition) is 2. The van der Waals surface area contributed by atoms with Crippen LogP contribution in [0.3, 0.4) is 0 Å². The first kappa shape index (κ1) is 72.1. The molecular formula is C72H84BClF4N12O10. The van der Waals surface area contributed by atoms with E-state index in [1.165, 1.54) is 45.5 Å². The summed E-state index contributed by atoms with van der Waals surface area (Å²) in [5.74, 6) is -2.42. The molecule has 3 fully saturated rings. The number of nitrogens with two attached hydrogens (primary N) is 2. The van der Waals surface area contributed by atoms with Crippen molar-refractivity contribution in [2.45, 2.75) is 157 Å². The number of halogens is 5. The Morgan fingerprint density at radius 2 is 1.06 bits per heavy atom. The van der Waals surface area contributed by atoms with Crippen LogP contribution in [0.2, 0.25) is 5.02 Å². The quantitative estimate of drug-likeness (QED) is 0.0892. The van der Waals surface area contributed by atoms with Gasteiger partial charge in [0, 0.05) is 79.6 Å². The van der Waals surface area contributed by atoms with Crippen molar-refractivity contribution in [1.82, 2.24) is 38.9 Å². The van der Waals surface area contributed by atoms with Crippen molar-refractivity contribution < 1.29 is 55.4 Å². The van der Waals surface area contributed by atoms with Gasteiger partial charge in [-0.05, 0) is 155 Å². The summed E-state index contributed by atoms with van der Waals surface area (Å²) in [4.78, 5) is 78.6. The maximum Gasteiger partial charge on any atom is 0.499 e. The van der Waals surface area contributed by atoms with Crippen LogP contribution in [0.5, 0.6) is 11.5 Å². The first-order valence-corrected chi connectivity index (χ1v) is 33.6. The molecule has 5 aliphatic heterocycles. The average molecular weight is 1400 g/mol. The first-order chi connectivity index (χ1) is 46.9. The van der Waals surface area contributed by atoms with Crippen LogP contribution in [0.15, 0.2) is 82.6 Å². The number of aromatic nitrogens is 6. The zero-order valence-electron chi connectivity index (χ0n) is 59.1. The number of fused-ring (bicyclic) bond motifs is 4. The summed E-state index contributed by atoms with van der Waals surface area (Å²) >= 11 is 6.34. The predicted molar refractivity (Wildman–Crippen MR) is 378 cm³/mol. The Kier molecular flexibility index (Phi) is 19.5. The van der Waals surface area contributed by atoms with Gasteiger partial charge in [-0.1, -0.05) is 51.4 Å². The molecule has 0 unspecified atom stereocenters. The topological polar surface area (TPSA) is 250 Å². The lowest BCUT2D eigenvalue weighted by molar-refractivity contribution is 0.00578. The fourth-order valence-corrected chi connectivity index (χ4v) is 13.1. The number of aryl methyl sites for hydroxylation is 2. The number of hydrogen-bond acceptors (Lipinski definition) is 18. The van der Waals surface area contributed by atoms with E-state index in [1.807, 2.05) is 106 Å². The van der Waals surface area contributed by atoms with Gasteiger partial charge in [0.05, 0.1) is 72.9 Å². The van der Waals surface area contributed by atoms with E-state index in [0.29, 0.717) is 71.3 Å². The van der Waals surface area contributed by atoms with Crippen LogP contribution in [0, 0.1) is 37.1 Å². The SMILES string of the molecule is CC1(C)OB(c2c(N)cccc2F)OC1(C)C.Cc1ccnc(C(C)C)c1-n1c(=O)nc2c3c(c(F)c(-c4c(N)cccc4F)cc31)OC[C@H]1CN(C(=O)OC(C)(C)C)CCN21.Cc1ccnc(C(C)C)c1-n1c(=O)nc2c3c(c(F)c(Cl)cc31)OC[C@H]1CN(C(=O)OC(C)(C)C)CCN21. The summed E-state index contributed by atoms with van der Waals surface area (Å²) < 4.78 is 98.9. The lowest BCUT2D eigenvalue weighted by Crippen LogP contribution is -2.57. The number of carbonyl (C=O) groups excluding carboxylic acids is 2. The van der Waals surface area contributed by atoms with Crippen molar-refractivity contribution in [1.29, 1.82) is 0 Å². The zero-order chi connectivity index (χ0) is 72.7. The molecule has 530 valence electrons. The van der Waals surface area contributed by atoms with E-state index >= 15 is 13.2 Å². The number of nitrogens with zero attached hydrogens (tertiary/aromatic N) is 10. The maximum atomic E-state index is 16.7. The van der Waals surface area contributed by atoms with Crippen molar-refractivity contribution in [3.8, 4) is 34.0 Å². The second kappa shape index (κ2) is 27.0. The number of anilines is 4. The van der Waals surface area contributed by atoms with Crippen LogP contribution in [0.1, 0.15) is 131 Å². The molecule has 0 aliphatic carbocycles. The van der Waals surface area contributed by atoms with Crippen LogP contribution < -0.4 is 47.6 Å². The van der Waals surface area contributed by atoms with Gasteiger partial charge < -0.3 is 59.3 Å². The third-order valence-electron chi connectivity index (χ3n) is 18.5. The number of carbonyl (C=O) groups is 2. The molecule has 13 rings (SSSR count). The van der Waals surface area contributed by atoms with Crippen LogP contribution in [-0.2, 0) is 18.8 Å². The normalized spacial score (nSPS) is 17.7. The van der Waals surface area contributed by atoms with E-state index in [2.05, 4.69) is 19.9 Å². The Bertz CT molecular complexity index is 4640. The summed E-state index contributed by atoms with van der Waals surface area (Å²) in [6.45, 7) is 31.9. The molecule has 5 aliphatic rings. The molecule has 22 nitrogen and oxygen atoms in total. The van der Waals surface area contributed by atoms with Crippen LogP contribution in [0.25, 0.3) is 44.3 Å². The molecule has 9 heterocycles. The third kappa shape index (κ3) is 13.7. The van der Waals surface area contributed by atoms with Gasteiger partial charge in [0.15, 0.2) is 23.1 Å². The van der Waals surface area contributed by atoms with Crippen molar-refractivity contribution >= 4 is 81.2 Å². The lowest BCUT2D eigenvalue weighted by atomic mass is 9.77. The first-order valence-electron chi connectivity index (χ1n) is 33.2. The number of piperazine rings is 2. The van der Waals surface area contributed by atoms with E-state index in [1.54, 1.807) is 61.2 Å². The highest BCUT2D eigenvalue weighted by atomic mass is 35.5. The molecule has 0 radical (unpaired) electrons. The van der Waals surface area contributed by atoms with E-state index in [-0.39, 0.29) is 99.7 Å². The number of rotatable bonds is 6. The summed E-state index contributed by atoms with van der Waals surface area (Å²) in [5, 5.41) is 0.454. The minimum Gasteiger partial charge on any atom is -0.487 e. The number of ether oxygens (including phenoxy) is 4. The summed E-state index contributed by atoms with van der Waals surface area (Å²) in [7, 11) is -0.749. The van der Waals surface area contributed by atoms with Crippen LogP contribution in [0.4, 0.5) is 50.2 Å². The van der Waals surface area contributed by atoms with Gasteiger partial charge in [0.25, 0.3) is 0 Å². The molecule has 3 saturated heterocycles. The molecule has 100 heavy (non-hydrogen) atoms. The largest absolute Gasteiger partial charge is 0.499 e. The molecule has 0 spiro atoms. The van der Waals surface area contributed by atoms with E-state index in [0.717, 1.165) is 11.1 Å². The molecule has 2 atom stereocenters. The maximum absolute atomic E-state index is 16.7. The molecule has 4 aromatic carbocycles. The lowest BCUT2D eigenvalue weighted by Gasteiger charge is -2.41. The Labute approximate surface area is 582 Å². The van der Waals surface area contributed by atoms with Gasteiger partial charge in [-0.2, -0.15) is 9.97 Å². The van der Waals surface area contributed by atoms with Gasteiger partial charge in [-0.25, -0.2) is 36.7 Å². The summed E-state index contributed by atoms with van der Waals surface area (Å²) in [5.41, 5.74) is 13.6. The van der Waals surface area contributed by atoms with Crippen molar-refractivity contribution in [2.24, 2.45) is 0 Å². The zero-order valence-corrected chi connectivity index (χ0v) is 59.8. The van der Waals surface area contributed by atoms with Gasteiger partial charge in [0.1, 0.15) is 47.7 Å². The fourth-order valence-electron chi connectivity index (χ4n) is 13.0. The number of nitrogen functional groups attached to an aromatic ring is 2. The van der Waals surface area contributed by atoms with Gasteiger partial charge in [-0.3, -0.25) is 19.1 Å². The smallest absolute Gasteiger partial charge is 0.487 e. The van der Waals surface area contributed by atoms with Gasteiger partial charge in [-0.15, -0.1) is 0 Å². The molecule has 0 bridgehead atoms. The molecule has 0 saturated carbocycles. The molecule has 4 aromatic heterocycles. The standard InChI is InChI=1S/C33H36F2N6O4.C27H31ClFN5O4.C12H17BFNO2/c1-17(2)27-28(18(3)10-11-37-27)41-23-14-20(24-21(34)8-7-9-22(24)36)26(35)29-25(23)30(38-31(41)42)40-13-12-39(15-19(40)16-44-29)32(43)45-33(4,5)6;1-14(2)21-22(15(3)7-8-30-21)34-18-11-17(28)20(29)23-19(18)24(31-25(34)35)33-10-9-32(12-16(33)13-37-23)26(36)38-27(4,5)6;1-11(2)12(3,4)17-13(16-11)10-8(14)6-5-7-9(10)15/h7-11,14,17,19H,12-13,15-16,36H2,1-6H3;7-8,11,14,16H,9-10,12-13H2,1-6H3;5-7H,15H2,1-4H3/t19-;16-;/m11./s1. The number of pyridine rings is 2. The Hall–Kier alpha value is -9.21. The fraction of sp³-hybridized carbons (Fsp3) is 0.444. The highest BCUT2D eigenvalue weighted by Crippen LogP contribution is 2.47. The highest BCUT2D eigenvalue weighted by molar-refractivity contribution is 6.64. The molecule has 8 aromatic rings. The molecule has 4 N–H and O–H groups in total. The second-order valence-electron chi connectivity index (χ2n) is 29.2. The number of benzene rings is 4. The molecular weight excluding hydrogens is 1320 g/mol. The Balaban J connectivity index is 0.000000165. The molecule has 2 amide bonds. The Morgan fingerprint density at radius 3 is 1.49 bits per heavy atom. The van der Waals surface area contributed by atoms with Gasteiger partial charge in [0.2, 0.25) is 0 Å². The van der Waals surface area contributed by atoms with Crippen molar-refractivity contribution in [3.63, 3.8) is 0 Å². The summed E-state index contributed by atoms with van der Waals surface area (Å²) in [6.07, 6.45) is 2.46. The second-order valence-corrected chi connectivity index (χ2v) is 29.6. The Morgan fingerprint density at radius 1 is 0.630 bits per heavy atom. The predicted octanol–water partition coefficient (Wildman–Crippen LogP) is 12.1. The van der Waals surface area contributed by atoms with Crippen molar-refractivity contribution in [3.05, 3.63) is 145 Å². The van der Waals surface area contributed by atoms with Crippen LogP contribution >= 0.6 is 11.6 Å².